The van der Waals surface area contributed by atoms with Crippen LogP contribution in [0.25, 0.3) is 0 Å². The van der Waals surface area contributed by atoms with Crippen molar-refractivity contribution in [3.63, 3.8) is 0 Å². The first kappa shape index (κ1) is 20.9. The van der Waals surface area contributed by atoms with Gasteiger partial charge in [-0.1, -0.05) is 48.5 Å². The summed E-state index contributed by atoms with van der Waals surface area (Å²) in [5.74, 6) is 0.0914. The Bertz CT molecular complexity index is 452. The van der Waals surface area contributed by atoms with Crippen molar-refractivity contribution in [2.24, 2.45) is 16.7 Å². The number of aliphatic hydroxyl groups is 1. The lowest BCUT2D eigenvalue weighted by molar-refractivity contribution is -0.140. The molecule has 5 heteroatoms. The molecule has 24 heavy (non-hydrogen) atoms. The summed E-state index contributed by atoms with van der Waals surface area (Å²) in [5.41, 5.74) is -0.479. The zero-order valence-electron chi connectivity index (χ0n) is 16.5. The molecule has 1 rings (SSSR count). The highest BCUT2D eigenvalue weighted by Crippen LogP contribution is 2.27. The van der Waals surface area contributed by atoms with Crippen LogP contribution in [0, 0.1) is 16.7 Å². The van der Waals surface area contributed by atoms with E-state index in [0.29, 0.717) is 19.5 Å². The minimum absolute atomic E-state index is 0.0571. The molecule has 1 heterocycles. The molecule has 0 aromatic carbocycles. The molecule has 1 aliphatic heterocycles. The van der Waals surface area contributed by atoms with E-state index in [-0.39, 0.29) is 29.2 Å². The molecule has 2 N–H and O–H groups in total. The van der Waals surface area contributed by atoms with Crippen molar-refractivity contribution in [3.05, 3.63) is 0 Å². The summed E-state index contributed by atoms with van der Waals surface area (Å²) in [4.78, 5) is 26.8. The fraction of sp³-hybridized carbons (Fsp3) is 0.895. The Morgan fingerprint density at radius 3 is 2.29 bits per heavy atom. The molecule has 140 valence electrons. The number of amides is 2. The molecule has 1 saturated heterocycles. The van der Waals surface area contributed by atoms with Crippen molar-refractivity contribution in [1.29, 1.82) is 0 Å². The van der Waals surface area contributed by atoms with Crippen LogP contribution < -0.4 is 5.32 Å². The number of aliphatic hydroxyl groups excluding tert-OH is 1. The lowest BCUT2D eigenvalue weighted by atomic mass is 9.80. The van der Waals surface area contributed by atoms with Crippen LogP contribution in [0.3, 0.4) is 0 Å². The van der Waals surface area contributed by atoms with E-state index in [9.17, 15) is 14.7 Å². The van der Waals surface area contributed by atoms with Crippen LogP contribution in [0.2, 0.25) is 0 Å². The molecule has 0 bridgehead atoms. The third kappa shape index (κ3) is 5.76. The van der Waals surface area contributed by atoms with E-state index < -0.39 is 11.5 Å². The van der Waals surface area contributed by atoms with Crippen molar-refractivity contribution >= 4 is 11.8 Å². The molecule has 2 unspecified atom stereocenters. The van der Waals surface area contributed by atoms with Crippen LogP contribution in [0.1, 0.15) is 67.7 Å². The Morgan fingerprint density at radius 2 is 1.79 bits per heavy atom. The Balaban J connectivity index is 2.65. The van der Waals surface area contributed by atoms with Gasteiger partial charge in [-0.3, -0.25) is 9.59 Å². The summed E-state index contributed by atoms with van der Waals surface area (Å²) in [6.45, 7) is 15.0. The molecule has 0 aliphatic carbocycles. The average molecular weight is 341 g/mol. The zero-order chi connectivity index (χ0) is 18.7. The third-order valence-electron chi connectivity index (χ3n) is 4.71. The Morgan fingerprint density at radius 1 is 1.21 bits per heavy atom. The van der Waals surface area contributed by atoms with Crippen LogP contribution in [-0.2, 0) is 9.59 Å². The van der Waals surface area contributed by atoms with Gasteiger partial charge in [-0.2, -0.15) is 0 Å². The second-order valence-electron chi connectivity index (χ2n) is 9.38. The van der Waals surface area contributed by atoms with Crippen LogP contribution in [-0.4, -0.2) is 47.1 Å². The standard InChI is InChI=1S/C19H36N2O3/c1-13(2)16(23)19(6,7)12-20-17(24)14-9-8-10-21(14)15(22)11-18(3,4)5/h13-14,16,23H,8-12H2,1-7H3,(H,20,24). The van der Waals surface area contributed by atoms with Crippen molar-refractivity contribution in [2.75, 3.05) is 13.1 Å². The van der Waals surface area contributed by atoms with Gasteiger partial charge in [-0.25, -0.2) is 0 Å². The van der Waals surface area contributed by atoms with Gasteiger partial charge in [0, 0.05) is 24.9 Å². The van der Waals surface area contributed by atoms with Crippen molar-refractivity contribution in [1.82, 2.24) is 10.2 Å². The molecule has 1 aliphatic rings. The zero-order valence-corrected chi connectivity index (χ0v) is 16.5. The Hall–Kier alpha value is -1.10. The van der Waals surface area contributed by atoms with Gasteiger partial charge in [0.15, 0.2) is 0 Å². The van der Waals surface area contributed by atoms with Crippen LogP contribution >= 0.6 is 0 Å². The van der Waals surface area contributed by atoms with E-state index in [1.165, 1.54) is 0 Å². The highest BCUT2D eigenvalue weighted by atomic mass is 16.3. The SMILES string of the molecule is CC(C)C(O)C(C)(C)CNC(=O)C1CCCN1C(=O)CC(C)(C)C. The van der Waals surface area contributed by atoms with Crippen molar-refractivity contribution in [2.45, 2.75) is 79.9 Å². The topological polar surface area (TPSA) is 69.6 Å². The molecule has 5 nitrogen and oxygen atoms in total. The number of hydrogen-bond acceptors (Lipinski definition) is 3. The van der Waals surface area contributed by atoms with Crippen LogP contribution in [0.5, 0.6) is 0 Å². The van der Waals surface area contributed by atoms with Gasteiger partial charge in [-0.15, -0.1) is 0 Å². The lowest BCUT2D eigenvalue weighted by Gasteiger charge is -2.34. The monoisotopic (exact) mass is 340 g/mol. The maximum atomic E-state index is 12.6. The number of carbonyl (C=O) groups is 2. The van der Waals surface area contributed by atoms with Gasteiger partial charge in [0.1, 0.15) is 6.04 Å². The van der Waals surface area contributed by atoms with E-state index in [2.05, 4.69) is 5.32 Å². The summed E-state index contributed by atoms with van der Waals surface area (Å²) in [6, 6.07) is -0.369. The summed E-state index contributed by atoms with van der Waals surface area (Å²) in [5, 5.41) is 13.2. The van der Waals surface area contributed by atoms with Gasteiger partial charge in [0.25, 0.3) is 0 Å². The van der Waals surface area contributed by atoms with Crippen molar-refractivity contribution in [3.8, 4) is 0 Å². The van der Waals surface area contributed by atoms with Gasteiger partial charge < -0.3 is 15.3 Å². The van der Waals surface area contributed by atoms with Gasteiger partial charge in [0.2, 0.25) is 11.8 Å². The number of nitrogens with one attached hydrogen (secondary N) is 1. The summed E-state index contributed by atoms with van der Waals surface area (Å²) >= 11 is 0. The predicted molar refractivity (Wildman–Crippen MR) is 96.4 cm³/mol. The van der Waals surface area contributed by atoms with E-state index in [4.69, 9.17) is 0 Å². The van der Waals surface area contributed by atoms with E-state index in [0.717, 1.165) is 12.8 Å². The lowest BCUT2D eigenvalue weighted by Crippen LogP contribution is -2.50. The molecule has 2 amide bonds. The number of nitrogens with zero attached hydrogens (tertiary/aromatic N) is 1. The maximum absolute atomic E-state index is 12.6. The third-order valence-corrected chi connectivity index (χ3v) is 4.71. The van der Waals surface area contributed by atoms with Crippen LogP contribution in [0.4, 0.5) is 0 Å². The van der Waals surface area contributed by atoms with E-state index in [1.807, 2.05) is 48.5 Å². The molecule has 0 spiro atoms. The highest BCUT2D eigenvalue weighted by Gasteiger charge is 2.37. The predicted octanol–water partition coefficient (Wildman–Crippen LogP) is 2.57. The minimum Gasteiger partial charge on any atom is -0.392 e. The quantitative estimate of drug-likeness (QED) is 0.781. The molecule has 0 aromatic rings. The van der Waals surface area contributed by atoms with Gasteiger partial charge >= 0.3 is 0 Å². The first-order valence-corrected chi connectivity index (χ1v) is 9.10. The van der Waals surface area contributed by atoms with E-state index in [1.54, 1.807) is 4.90 Å². The Labute approximate surface area is 147 Å². The summed E-state index contributed by atoms with van der Waals surface area (Å²) in [6.07, 6.45) is 1.55. The molecular formula is C19H36N2O3. The summed E-state index contributed by atoms with van der Waals surface area (Å²) in [7, 11) is 0. The molecule has 0 radical (unpaired) electrons. The second kappa shape index (κ2) is 7.85. The number of carbonyl (C=O) groups excluding carboxylic acids is 2. The van der Waals surface area contributed by atoms with Crippen LogP contribution in [0.15, 0.2) is 0 Å². The van der Waals surface area contributed by atoms with Gasteiger partial charge in [0.05, 0.1) is 6.10 Å². The smallest absolute Gasteiger partial charge is 0.242 e. The fourth-order valence-corrected chi connectivity index (χ4v) is 3.33. The van der Waals surface area contributed by atoms with Gasteiger partial charge in [-0.05, 0) is 24.2 Å². The summed E-state index contributed by atoms with van der Waals surface area (Å²) < 4.78 is 0. The fourth-order valence-electron chi connectivity index (χ4n) is 3.33. The van der Waals surface area contributed by atoms with E-state index >= 15 is 0 Å². The van der Waals surface area contributed by atoms with Crippen molar-refractivity contribution < 1.29 is 14.7 Å². The number of hydrogen-bond donors (Lipinski definition) is 2. The first-order chi connectivity index (χ1) is 10.8. The largest absolute Gasteiger partial charge is 0.392 e. The second-order valence-corrected chi connectivity index (χ2v) is 9.38. The average Bonchev–Trinajstić information content (AvgIpc) is 2.91. The normalized spacial score (nSPS) is 20.4. The number of rotatable bonds is 6. The molecule has 1 fully saturated rings. The maximum Gasteiger partial charge on any atom is 0.242 e. The first-order valence-electron chi connectivity index (χ1n) is 9.10. The Kier molecular flexibility index (Phi) is 6.85. The molecule has 0 aromatic heterocycles. The number of likely N-dealkylation sites (tertiary alicyclic amines) is 1. The molecular weight excluding hydrogens is 304 g/mol. The minimum atomic E-state index is -0.486. The molecule has 2 atom stereocenters. The highest BCUT2D eigenvalue weighted by molar-refractivity contribution is 5.88. The molecule has 0 saturated carbocycles.